The molecule has 78 valence electrons. The predicted octanol–water partition coefficient (Wildman–Crippen LogP) is 1.95. The molecule has 1 atom stereocenters. The van der Waals surface area contributed by atoms with E-state index in [0.29, 0.717) is 5.92 Å². The van der Waals surface area contributed by atoms with Gasteiger partial charge in [-0.25, -0.2) is 0 Å². The Bertz CT molecular complexity index is 148. The summed E-state index contributed by atoms with van der Waals surface area (Å²) in [7, 11) is 0. The molecular formula is C11H22O2. The molecule has 0 heterocycles. The van der Waals surface area contributed by atoms with Gasteiger partial charge >= 0.3 is 0 Å². The van der Waals surface area contributed by atoms with Crippen molar-refractivity contribution in [3.8, 4) is 0 Å². The van der Waals surface area contributed by atoms with Gasteiger partial charge in [0.25, 0.3) is 0 Å². The fourth-order valence-corrected chi connectivity index (χ4v) is 2.18. The Hall–Kier alpha value is -0.0800. The molecule has 2 nitrogen and oxygen atoms in total. The summed E-state index contributed by atoms with van der Waals surface area (Å²) in [5, 5.41) is 19.2. The molecule has 0 aliphatic heterocycles. The van der Waals surface area contributed by atoms with Crippen molar-refractivity contribution in [2.45, 2.75) is 52.1 Å². The number of hydrogen-bond acceptors (Lipinski definition) is 2. The highest BCUT2D eigenvalue weighted by molar-refractivity contribution is 4.84. The minimum atomic E-state index is -0.335. The van der Waals surface area contributed by atoms with Crippen molar-refractivity contribution in [2.24, 2.45) is 11.3 Å². The van der Waals surface area contributed by atoms with Crippen molar-refractivity contribution in [3.63, 3.8) is 0 Å². The molecule has 1 aliphatic rings. The van der Waals surface area contributed by atoms with Gasteiger partial charge < -0.3 is 10.2 Å². The smallest absolute Gasteiger partial charge is 0.0641 e. The van der Waals surface area contributed by atoms with Gasteiger partial charge in [-0.2, -0.15) is 0 Å². The summed E-state index contributed by atoms with van der Waals surface area (Å²) < 4.78 is 0. The van der Waals surface area contributed by atoms with Crippen LogP contribution in [0.1, 0.15) is 46.0 Å². The molecular weight excluding hydrogens is 164 g/mol. The lowest BCUT2D eigenvalue weighted by molar-refractivity contribution is -0.0393. The minimum absolute atomic E-state index is 0.0741. The van der Waals surface area contributed by atoms with Crippen LogP contribution in [0.2, 0.25) is 0 Å². The van der Waals surface area contributed by atoms with Gasteiger partial charge in [-0.05, 0) is 18.8 Å². The molecule has 1 saturated carbocycles. The second-order valence-corrected chi connectivity index (χ2v) is 4.99. The van der Waals surface area contributed by atoms with Crippen molar-refractivity contribution < 1.29 is 10.2 Å². The fourth-order valence-electron chi connectivity index (χ4n) is 2.18. The van der Waals surface area contributed by atoms with Gasteiger partial charge in [0, 0.05) is 5.41 Å². The first-order valence-corrected chi connectivity index (χ1v) is 5.37. The summed E-state index contributed by atoms with van der Waals surface area (Å²) in [6.45, 7) is 3.95. The van der Waals surface area contributed by atoms with E-state index in [-0.39, 0.29) is 18.1 Å². The molecule has 2 heteroatoms. The van der Waals surface area contributed by atoms with Gasteiger partial charge in [0.2, 0.25) is 0 Å². The highest BCUT2D eigenvalue weighted by Crippen LogP contribution is 2.34. The Kier molecular flexibility index (Phi) is 3.74. The molecule has 1 fully saturated rings. The minimum Gasteiger partial charge on any atom is -0.396 e. The van der Waals surface area contributed by atoms with Gasteiger partial charge in [0.05, 0.1) is 12.7 Å². The second-order valence-electron chi connectivity index (χ2n) is 4.99. The highest BCUT2D eigenvalue weighted by atomic mass is 16.3. The number of aliphatic hydroxyl groups excluding tert-OH is 2. The normalized spacial score (nSPS) is 23.1. The van der Waals surface area contributed by atoms with Crippen LogP contribution in [0, 0.1) is 11.3 Å². The topological polar surface area (TPSA) is 40.5 Å². The molecule has 1 unspecified atom stereocenters. The van der Waals surface area contributed by atoms with Crippen LogP contribution in [-0.2, 0) is 0 Å². The first kappa shape index (κ1) is 11.0. The Morgan fingerprint density at radius 1 is 1.23 bits per heavy atom. The molecule has 1 rings (SSSR count). The van der Waals surface area contributed by atoms with E-state index in [0.717, 1.165) is 12.8 Å². The third-order valence-electron chi connectivity index (χ3n) is 3.30. The van der Waals surface area contributed by atoms with E-state index in [1.807, 2.05) is 13.8 Å². The summed E-state index contributed by atoms with van der Waals surface area (Å²) in [5.74, 6) is 0.413. The Balaban J connectivity index is 2.49. The van der Waals surface area contributed by atoms with E-state index in [1.165, 1.54) is 19.3 Å². The van der Waals surface area contributed by atoms with Crippen LogP contribution < -0.4 is 0 Å². The Labute approximate surface area is 81.0 Å². The second kappa shape index (κ2) is 4.43. The van der Waals surface area contributed by atoms with E-state index in [9.17, 15) is 5.11 Å². The van der Waals surface area contributed by atoms with Crippen LogP contribution in [0.4, 0.5) is 0 Å². The molecule has 2 N–H and O–H groups in total. The largest absolute Gasteiger partial charge is 0.396 e. The van der Waals surface area contributed by atoms with Crippen molar-refractivity contribution in [3.05, 3.63) is 0 Å². The summed E-state index contributed by atoms with van der Waals surface area (Å²) >= 11 is 0. The van der Waals surface area contributed by atoms with Crippen LogP contribution in [0.5, 0.6) is 0 Å². The Morgan fingerprint density at radius 2 is 1.77 bits per heavy atom. The van der Waals surface area contributed by atoms with Gasteiger partial charge in [-0.15, -0.1) is 0 Å². The lowest BCUT2D eigenvalue weighted by Crippen LogP contribution is -2.39. The van der Waals surface area contributed by atoms with E-state index in [1.54, 1.807) is 0 Å². The molecule has 13 heavy (non-hydrogen) atoms. The molecule has 0 aromatic rings. The third kappa shape index (κ3) is 2.68. The molecule has 0 bridgehead atoms. The number of aliphatic hydroxyl groups is 2. The van der Waals surface area contributed by atoms with Gasteiger partial charge in [0.15, 0.2) is 0 Å². The maximum atomic E-state index is 10.0. The lowest BCUT2D eigenvalue weighted by Gasteiger charge is -2.36. The van der Waals surface area contributed by atoms with Crippen LogP contribution in [0.3, 0.4) is 0 Å². The molecule has 0 spiro atoms. The van der Waals surface area contributed by atoms with Crippen molar-refractivity contribution >= 4 is 0 Å². The average Bonchev–Trinajstić information content (AvgIpc) is 2.18. The van der Waals surface area contributed by atoms with Gasteiger partial charge in [-0.3, -0.25) is 0 Å². The molecule has 0 saturated heterocycles. The zero-order valence-corrected chi connectivity index (χ0v) is 8.79. The first-order valence-electron chi connectivity index (χ1n) is 5.37. The van der Waals surface area contributed by atoms with Crippen molar-refractivity contribution in [1.29, 1.82) is 0 Å². The van der Waals surface area contributed by atoms with E-state index in [4.69, 9.17) is 5.11 Å². The van der Waals surface area contributed by atoms with Crippen LogP contribution in [0.15, 0.2) is 0 Å². The summed E-state index contributed by atoms with van der Waals surface area (Å²) in [6.07, 6.45) is 5.71. The first-order chi connectivity index (χ1) is 6.08. The van der Waals surface area contributed by atoms with Gasteiger partial charge in [-0.1, -0.05) is 33.1 Å². The SMILES string of the molecule is CC(C)(CO)C(O)C1CCCCC1. The summed E-state index contributed by atoms with van der Waals surface area (Å²) in [4.78, 5) is 0. The Morgan fingerprint density at radius 3 is 2.23 bits per heavy atom. The van der Waals surface area contributed by atoms with E-state index >= 15 is 0 Å². The number of rotatable bonds is 3. The standard InChI is InChI=1S/C11H22O2/c1-11(2,8-12)10(13)9-6-4-3-5-7-9/h9-10,12-13H,3-8H2,1-2H3. The van der Waals surface area contributed by atoms with Crippen LogP contribution in [-0.4, -0.2) is 22.9 Å². The van der Waals surface area contributed by atoms with Crippen molar-refractivity contribution in [2.75, 3.05) is 6.61 Å². The monoisotopic (exact) mass is 186 g/mol. The van der Waals surface area contributed by atoms with E-state index < -0.39 is 0 Å². The zero-order chi connectivity index (χ0) is 9.90. The van der Waals surface area contributed by atoms with Crippen LogP contribution in [0.25, 0.3) is 0 Å². The molecule has 0 amide bonds. The lowest BCUT2D eigenvalue weighted by atomic mass is 9.74. The average molecular weight is 186 g/mol. The van der Waals surface area contributed by atoms with Crippen LogP contribution >= 0.6 is 0 Å². The molecule has 1 aliphatic carbocycles. The maximum Gasteiger partial charge on any atom is 0.0641 e. The van der Waals surface area contributed by atoms with Gasteiger partial charge in [0.1, 0.15) is 0 Å². The molecule has 0 aromatic carbocycles. The zero-order valence-electron chi connectivity index (χ0n) is 8.79. The summed E-state index contributed by atoms with van der Waals surface area (Å²) in [6, 6.07) is 0. The maximum absolute atomic E-state index is 10.0. The number of hydrogen-bond donors (Lipinski definition) is 2. The molecule has 0 radical (unpaired) electrons. The third-order valence-corrected chi connectivity index (χ3v) is 3.30. The predicted molar refractivity (Wildman–Crippen MR) is 53.4 cm³/mol. The quantitative estimate of drug-likeness (QED) is 0.707. The van der Waals surface area contributed by atoms with Crippen molar-refractivity contribution in [1.82, 2.24) is 0 Å². The molecule has 0 aromatic heterocycles. The fraction of sp³-hybridized carbons (Fsp3) is 1.00. The highest BCUT2D eigenvalue weighted by Gasteiger charge is 2.33. The van der Waals surface area contributed by atoms with E-state index in [2.05, 4.69) is 0 Å². The summed E-state index contributed by atoms with van der Waals surface area (Å²) in [5.41, 5.74) is -0.331.